The molecule has 2 heteroatoms. The molecule has 2 nitrogen and oxygen atoms in total. The lowest BCUT2D eigenvalue weighted by Gasteiger charge is -2.06. The molecule has 0 saturated heterocycles. The fraction of sp³-hybridized carbons (Fsp3) is 0. The third kappa shape index (κ3) is 1.90. The van der Waals surface area contributed by atoms with Crippen molar-refractivity contribution >= 4 is 16.6 Å². The van der Waals surface area contributed by atoms with Crippen LogP contribution < -0.4 is 0 Å². The van der Waals surface area contributed by atoms with Crippen LogP contribution in [0.4, 0.5) is 0 Å². The molecular formula is C23H14N2. The predicted octanol–water partition coefficient (Wildman–Crippen LogP) is 5.74. The summed E-state index contributed by atoms with van der Waals surface area (Å²) < 4.78 is 2.21. The van der Waals surface area contributed by atoms with Crippen LogP contribution in [-0.2, 0) is 0 Å². The molecule has 3 aromatic heterocycles. The van der Waals surface area contributed by atoms with Crippen molar-refractivity contribution in [3.63, 3.8) is 0 Å². The number of nitrogens with zero attached hydrogens (tertiary/aromatic N) is 2. The molecule has 0 saturated carbocycles. The van der Waals surface area contributed by atoms with Crippen LogP contribution in [0.3, 0.4) is 0 Å². The van der Waals surface area contributed by atoms with E-state index in [4.69, 9.17) is 0 Å². The second-order valence-corrected chi connectivity index (χ2v) is 6.17. The smallest absolute Gasteiger partial charge is 0.101 e. The molecule has 5 rings (SSSR count). The van der Waals surface area contributed by atoms with E-state index in [1.54, 1.807) is 0 Å². The fourth-order valence-corrected chi connectivity index (χ4v) is 3.77. The van der Waals surface area contributed by atoms with Gasteiger partial charge in [-0.15, -0.1) is 0 Å². The topological polar surface area (TPSA) is 28.2 Å². The van der Waals surface area contributed by atoms with Crippen molar-refractivity contribution in [3.8, 4) is 28.3 Å². The first-order valence-corrected chi connectivity index (χ1v) is 8.29. The minimum Gasteiger partial charge on any atom is -0.308 e. The molecule has 0 aliphatic rings. The van der Waals surface area contributed by atoms with Crippen molar-refractivity contribution in [2.24, 2.45) is 0 Å². The van der Waals surface area contributed by atoms with E-state index in [1.807, 2.05) is 30.3 Å². The van der Waals surface area contributed by atoms with E-state index in [9.17, 15) is 5.26 Å². The zero-order valence-electron chi connectivity index (χ0n) is 13.5. The standard InChI is InChI=1S/C23H14N2/c24-15-18-14-21-23(17-10-5-2-6-11-17)22(16-8-3-1-4-9-16)20-13-7-12-19(18)25(20)21/h1-14H. The average molecular weight is 318 g/mol. The van der Waals surface area contributed by atoms with Crippen LogP contribution >= 0.6 is 0 Å². The number of pyridine rings is 1. The summed E-state index contributed by atoms with van der Waals surface area (Å²) in [4.78, 5) is 0. The molecule has 0 unspecified atom stereocenters. The van der Waals surface area contributed by atoms with Gasteiger partial charge in [-0.25, -0.2) is 0 Å². The van der Waals surface area contributed by atoms with Crippen LogP contribution in [0.25, 0.3) is 38.8 Å². The van der Waals surface area contributed by atoms with E-state index >= 15 is 0 Å². The van der Waals surface area contributed by atoms with Gasteiger partial charge >= 0.3 is 0 Å². The van der Waals surface area contributed by atoms with Crippen LogP contribution in [0.1, 0.15) is 5.56 Å². The number of rotatable bonds is 2. The Morgan fingerprint density at radius 2 is 1.16 bits per heavy atom. The molecule has 5 aromatic rings. The lowest BCUT2D eigenvalue weighted by molar-refractivity contribution is 1.34. The Morgan fingerprint density at radius 3 is 1.76 bits per heavy atom. The number of hydrogen-bond donors (Lipinski definition) is 0. The first-order valence-electron chi connectivity index (χ1n) is 8.29. The largest absolute Gasteiger partial charge is 0.308 e. The number of nitriles is 1. The molecule has 0 fully saturated rings. The zero-order valence-corrected chi connectivity index (χ0v) is 13.5. The van der Waals surface area contributed by atoms with Gasteiger partial charge in [-0.1, -0.05) is 66.7 Å². The van der Waals surface area contributed by atoms with Gasteiger partial charge in [-0.2, -0.15) is 5.26 Å². The van der Waals surface area contributed by atoms with Crippen molar-refractivity contribution in [2.75, 3.05) is 0 Å². The monoisotopic (exact) mass is 318 g/mol. The van der Waals surface area contributed by atoms with E-state index in [-0.39, 0.29) is 0 Å². The van der Waals surface area contributed by atoms with Gasteiger partial charge in [-0.3, -0.25) is 0 Å². The maximum atomic E-state index is 9.52. The highest BCUT2D eigenvalue weighted by atomic mass is 14.9. The molecule has 25 heavy (non-hydrogen) atoms. The predicted molar refractivity (Wildman–Crippen MR) is 102 cm³/mol. The maximum Gasteiger partial charge on any atom is 0.101 e. The quantitative estimate of drug-likeness (QED) is 0.408. The molecule has 116 valence electrons. The molecule has 3 heterocycles. The highest BCUT2D eigenvalue weighted by molar-refractivity contribution is 6.06. The highest BCUT2D eigenvalue weighted by Crippen LogP contribution is 2.43. The van der Waals surface area contributed by atoms with Gasteiger partial charge < -0.3 is 4.40 Å². The molecule has 0 N–H and O–H groups in total. The first-order chi connectivity index (χ1) is 12.4. The maximum absolute atomic E-state index is 9.52. The molecular weight excluding hydrogens is 304 g/mol. The van der Waals surface area contributed by atoms with E-state index < -0.39 is 0 Å². The molecule has 0 aliphatic heterocycles. The third-order valence-corrected chi connectivity index (χ3v) is 4.80. The summed E-state index contributed by atoms with van der Waals surface area (Å²) in [6, 6.07) is 31.4. The SMILES string of the molecule is N#Cc1cc2c(-c3ccccc3)c(-c3ccccc3)c3cccc1n32. The summed E-state index contributed by atoms with van der Waals surface area (Å²) in [5, 5.41) is 9.52. The Balaban J connectivity index is 2.01. The molecule has 0 spiro atoms. The summed E-state index contributed by atoms with van der Waals surface area (Å²) in [6.07, 6.45) is 0. The van der Waals surface area contributed by atoms with Crippen LogP contribution in [0.15, 0.2) is 84.9 Å². The average Bonchev–Trinajstić information content (AvgIpc) is 3.22. The van der Waals surface area contributed by atoms with Crippen LogP contribution in [-0.4, -0.2) is 4.40 Å². The van der Waals surface area contributed by atoms with Gasteiger partial charge in [0.1, 0.15) is 6.07 Å². The van der Waals surface area contributed by atoms with E-state index in [0.717, 1.165) is 22.1 Å². The van der Waals surface area contributed by atoms with Crippen LogP contribution in [0, 0.1) is 11.3 Å². The Bertz CT molecular complexity index is 1230. The lowest BCUT2D eigenvalue weighted by Crippen LogP contribution is -1.84. The molecule has 0 atom stereocenters. The summed E-state index contributed by atoms with van der Waals surface area (Å²) in [7, 11) is 0. The normalized spacial score (nSPS) is 11.2. The van der Waals surface area contributed by atoms with Crippen molar-refractivity contribution in [1.82, 2.24) is 4.40 Å². The first kappa shape index (κ1) is 13.8. The van der Waals surface area contributed by atoms with E-state index in [1.165, 1.54) is 22.3 Å². The highest BCUT2D eigenvalue weighted by Gasteiger charge is 2.21. The Morgan fingerprint density at radius 1 is 0.600 bits per heavy atom. The van der Waals surface area contributed by atoms with E-state index in [0.29, 0.717) is 0 Å². The second kappa shape index (κ2) is 5.22. The number of hydrogen-bond acceptors (Lipinski definition) is 1. The van der Waals surface area contributed by atoms with Gasteiger partial charge in [-0.05, 0) is 29.3 Å². The summed E-state index contributed by atoms with van der Waals surface area (Å²) in [5.74, 6) is 0. The number of aromatic nitrogens is 1. The van der Waals surface area contributed by atoms with Crippen molar-refractivity contribution < 1.29 is 0 Å². The molecule has 0 radical (unpaired) electrons. The molecule has 2 aromatic carbocycles. The summed E-state index contributed by atoms with van der Waals surface area (Å²) >= 11 is 0. The Hall–Kier alpha value is -3.57. The van der Waals surface area contributed by atoms with Crippen molar-refractivity contribution in [3.05, 3.63) is 90.5 Å². The minimum absolute atomic E-state index is 0.720. The second-order valence-electron chi connectivity index (χ2n) is 6.17. The van der Waals surface area contributed by atoms with Crippen LogP contribution in [0.5, 0.6) is 0 Å². The minimum atomic E-state index is 0.720. The van der Waals surface area contributed by atoms with Crippen LogP contribution in [0.2, 0.25) is 0 Å². The van der Waals surface area contributed by atoms with Crippen molar-refractivity contribution in [2.45, 2.75) is 0 Å². The molecule has 0 aliphatic carbocycles. The van der Waals surface area contributed by atoms with Gasteiger partial charge in [0.25, 0.3) is 0 Å². The van der Waals surface area contributed by atoms with Gasteiger partial charge in [0.2, 0.25) is 0 Å². The third-order valence-electron chi connectivity index (χ3n) is 4.80. The number of benzene rings is 2. The summed E-state index contributed by atoms with van der Waals surface area (Å²) in [5.41, 5.74) is 8.68. The summed E-state index contributed by atoms with van der Waals surface area (Å²) in [6.45, 7) is 0. The van der Waals surface area contributed by atoms with E-state index in [2.05, 4.69) is 65.1 Å². The Kier molecular flexibility index (Phi) is 2.89. The fourth-order valence-electron chi connectivity index (χ4n) is 3.77. The Labute approximate surface area is 145 Å². The van der Waals surface area contributed by atoms with Crippen molar-refractivity contribution in [1.29, 1.82) is 5.26 Å². The lowest BCUT2D eigenvalue weighted by atomic mass is 9.96. The van der Waals surface area contributed by atoms with Gasteiger partial charge in [0.15, 0.2) is 0 Å². The van der Waals surface area contributed by atoms with Gasteiger partial charge in [0.05, 0.1) is 22.1 Å². The molecule has 0 amide bonds. The molecule has 0 bridgehead atoms. The van der Waals surface area contributed by atoms with Gasteiger partial charge in [0, 0.05) is 11.1 Å². The zero-order chi connectivity index (χ0) is 16.8.